The van der Waals surface area contributed by atoms with Crippen molar-refractivity contribution in [2.24, 2.45) is 0 Å². The number of carbonyl (C=O) groups is 2. The number of rotatable bonds is 6. The lowest BCUT2D eigenvalue weighted by Crippen LogP contribution is -2.40. The maximum Gasteiger partial charge on any atom is 0.451 e. The highest BCUT2D eigenvalue weighted by atomic mass is 35.5. The molecule has 9 nitrogen and oxygen atoms in total. The van der Waals surface area contributed by atoms with Crippen LogP contribution in [0.1, 0.15) is 49.2 Å². The molecule has 210 valence electrons. The molecule has 2 atom stereocenters. The zero-order chi connectivity index (χ0) is 28.7. The monoisotopic (exact) mass is 579 g/mol. The molecule has 1 aliphatic heterocycles. The van der Waals surface area contributed by atoms with E-state index in [-0.39, 0.29) is 19.4 Å². The fourth-order valence-corrected chi connectivity index (χ4v) is 4.59. The van der Waals surface area contributed by atoms with Crippen LogP contribution in [-0.4, -0.2) is 51.1 Å². The average molecular weight is 580 g/mol. The molecule has 0 bridgehead atoms. The standard InChI is InChI=1S/C23H20ClF6N5O4/c1-10(36)38-9-13(39-11(2)37)8-17-18-14(15-7-12(24)3-4-16(15)31-18)5-6-35(17)21-33-19(22(25,26)27)32-20(34-21)23(28,29)30/h3-4,7,13,17,31H,5-6,8-9H2,1-2H3/t13-,17-/m1/s1. The van der Waals surface area contributed by atoms with Crippen LogP contribution in [-0.2, 0) is 37.8 Å². The number of ether oxygens (including phenoxy) is 2. The van der Waals surface area contributed by atoms with Crippen molar-refractivity contribution in [2.75, 3.05) is 18.1 Å². The van der Waals surface area contributed by atoms with Crippen LogP contribution < -0.4 is 4.90 Å². The van der Waals surface area contributed by atoms with Crippen molar-refractivity contribution in [3.05, 3.63) is 46.1 Å². The lowest BCUT2D eigenvalue weighted by atomic mass is 9.94. The Kier molecular flexibility index (Phi) is 7.65. The van der Waals surface area contributed by atoms with Crippen LogP contribution in [0, 0.1) is 0 Å². The third-order valence-corrected chi connectivity index (χ3v) is 6.13. The molecule has 0 aliphatic carbocycles. The summed E-state index contributed by atoms with van der Waals surface area (Å²) in [6.45, 7) is 1.72. The summed E-state index contributed by atoms with van der Waals surface area (Å²) in [4.78, 5) is 36.7. The number of nitrogens with zero attached hydrogens (tertiary/aromatic N) is 4. The first-order chi connectivity index (χ1) is 18.1. The average Bonchev–Trinajstić information content (AvgIpc) is 3.19. The number of nitrogens with one attached hydrogen (secondary N) is 1. The van der Waals surface area contributed by atoms with Gasteiger partial charge in [0, 0.05) is 48.4 Å². The summed E-state index contributed by atoms with van der Waals surface area (Å²) < 4.78 is 91.1. The van der Waals surface area contributed by atoms with Gasteiger partial charge < -0.3 is 19.4 Å². The number of esters is 2. The van der Waals surface area contributed by atoms with E-state index in [1.165, 1.54) is 0 Å². The largest absolute Gasteiger partial charge is 0.462 e. The number of anilines is 1. The number of aromatic amines is 1. The summed E-state index contributed by atoms with van der Waals surface area (Å²) in [5.41, 5.74) is 1.74. The summed E-state index contributed by atoms with van der Waals surface area (Å²) in [6.07, 6.45) is -11.7. The molecular weight excluding hydrogens is 560 g/mol. The first-order valence-corrected chi connectivity index (χ1v) is 11.8. The second kappa shape index (κ2) is 10.5. The molecule has 0 unspecified atom stereocenters. The lowest BCUT2D eigenvalue weighted by Gasteiger charge is -2.37. The highest BCUT2D eigenvalue weighted by Crippen LogP contribution is 2.41. The number of hydrogen-bond donors (Lipinski definition) is 1. The third kappa shape index (κ3) is 6.34. The first-order valence-electron chi connectivity index (χ1n) is 11.4. The van der Waals surface area contributed by atoms with E-state index in [2.05, 4.69) is 19.9 Å². The van der Waals surface area contributed by atoms with Crippen molar-refractivity contribution in [1.82, 2.24) is 19.9 Å². The molecule has 39 heavy (non-hydrogen) atoms. The van der Waals surface area contributed by atoms with Crippen LogP contribution in [0.5, 0.6) is 0 Å². The fourth-order valence-electron chi connectivity index (χ4n) is 4.41. The second-order valence-electron chi connectivity index (χ2n) is 8.71. The summed E-state index contributed by atoms with van der Waals surface area (Å²) in [5, 5.41) is 1.12. The number of H-pyrrole nitrogens is 1. The van der Waals surface area contributed by atoms with E-state index in [1.54, 1.807) is 18.2 Å². The van der Waals surface area contributed by atoms with Gasteiger partial charge in [0.05, 0.1) is 6.04 Å². The molecule has 0 amide bonds. The molecular formula is C23H20ClF6N5O4. The van der Waals surface area contributed by atoms with Gasteiger partial charge in [0.1, 0.15) is 12.7 Å². The topological polar surface area (TPSA) is 110 Å². The molecule has 3 heterocycles. The van der Waals surface area contributed by atoms with E-state index in [4.69, 9.17) is 21.1 Å². The molecule has 0 saturated carbocycles. The van der Waals surface area contributed by atoms with Crippen LogP contribution in [0.25, 0.3) is 10.9 Å². The van der Waals surface area contributed by atoms with Gasteiger partial charge in [-0.1, -0.05) is 11.6 Å². The van der Waals surface area contributed by atoms with Gasteiger partial charge in [-0.3, -0.25) is 9.59 Å². The van der Waals surface area contributed by atoms with Gasteiger partial charge in [-0.15, -0.1) is 0 Å². The van der Waals surface area contributed by atoms with E-state index >= 15 is 0 Å². The molecule has 1 aliphatic rings. The van der Waals surface area contributed by atoms with Crippen molar-refractivity contribution in [3.8, 4) is 0 Å². The summed E-state index contributed by atoms with van der Waals surface area (Å²) in [7, 11) is 0. The maximum atomic E-state index is 13.5. The van der Waals surface area contributed by atoms with Crippen LogP contribution in [0.2, 0.25) is 5.02 Å². The Balaban J connectivity index is 1.86. The van der Waals surface area contributed by atoms with Gasteiger partial charge in [-0.05, 0) is 30.2 Å². The van der Waals surface area contributed by atoms with E-state index < -0.39 is 60.6 Å². The lowest BCUT2D eigenvalue weighted by molar-refractivity contribution is -0.157. The number of carbonyl (C=O) groups excluding carboxylic acids is 2. The van der Waals surface area contributed by atoms with E-state index in [1.807, 2.05) is 0 Å². The Morgan fingerprint density at radius 2 is 1.72 bits per heavy atom. The van der Waals surface area contributed by atoms with E-state index in [0.29, 0.717) is 27.2 Å². The molecule has 3 aromatic rings. The van der Waals surface area contributed by atoms with Crippen LogP contribution in [0.4, 0.5) is 32.3 Å². The Bertz CT molecular complexity index is 1380. The molecule has 1 N–H and O–H groups in total. The van der Waals surface area contributed by atoms with Gasteiger partial charge in [-0.25, -0.2) is 4.98 Å². The van der Waals surface area contributed by atoms with Gasteiger partial charge in [0.25, 0.3) is 0 Å². The Morgan fingerprint density at radius 1 is 1.08 bits per heavy atom. The normalized spacial score (nSPS) is 16.6. The summed E-state index contributed by atoms with van der Waals surface area (Å²) in [5.74, 6) is -6.31. The third-order valence-electron chi connectivity index (χ3n) is 5.89. The molecule has 1 aromatic carbocycles. The molecule has 0 spiro atoms. The molecule has 4 rings (SSSR count). The quantitative estimate of drug-likeness (QED) is 0.320. The van der Waals surface area contributed by atoms with Crippen molar-refractivity contribution in [1.29, 1.82) is 0 Å². The van der Waals surface area contributed by atoms with Crippen LogP contribution in [0.3, 0.4) is 0 Å². The maximum absolute atomic E-state index is 13.5. The van der Waals surface area contributed by atoms with Gasteiger partial charge in [-0.2, -0.15) is 36.3 Å². The minimum absolute atomic E-state index is 0.101. The number of aromatic nitrogens is 4. The van der Waals surface area contributed by atoms with E-state index in [0.717, 1.165) is 18.7 Å². The van der Waals surface area contributed by atoms with Crippen molar-refractivity contribution in [2.45, 2.75) is 51.2 Å². The van der Waals surface area contributed by atoms with E-state index in [9.17, 15) is 35.9 Å². The number of benzene rings is 1. The van der Waals surface area contributed by atoms with Crippen LogP contribution >= 0.6 is 11.6 Å². The number of hydrogen-bond acceptors (Lipinski definition) is 8. The molecule has 0 fully saturated rings. The molecule has 2 aromatic heterocycles. The second-order valence-corrected chi connectivity index (χ2v) is 9.15. The Hall–Kier alpha value is -3.62. The van der Waals surface area contributed by atoms with Gasteiger partial charge >= 0.3 is 24.3 Å². The zero-order valence-corrected chi connectivity index (χ0v) is 21.0. The highest BCUT2D eigenvalue weighted by molar-refractivity contribution is 6.31. The Morgan fingerprint density at radius 3 is 2.28 bits per heavy atom. The van der Waals surface area contributed by atoms with Gasteiger partial charge in [0.15, 0.2) is 0 Å². The molecule has 0 saturated heterocycles. The van der Waals surface area contributed by atoms with Crippen molar-refractivity contribution >= 4 is 40.4 Å². The summed E-state index contributed by atoms with van der Waals surface area (Å²) in [6, 6.07) is 3.93. The predicted octanol–water partition coefficient (Wildman–Crippen LogP) is 5.03. The first kappa shape index (κ1) is 28.4. The molecule has 16 heteroatoms. The zero-order valence-electron chi connectivity index (χ0n) is 20.3. The number of alkyl halides is 6. The fraction of sp³-hybridized carbons (Fsp3) is 0.435. The smallest absolute Gasteiger partial charge is 0.451 e. The van der Waals surface area contributed by atoms with Crippen molar-refractivity contribution in [3.63, 3.8) is 0 Å². The molecule has 0 radical (unpaired) electrons. The van der Waals surface area contributed by atoms with Crippen LogP contribution in [0.15, 0.2) is 18.2 Å². The number of halogens is 7. The Labute approximate surface area is 221 Å². The minimum Gasteiger partial charge on any atom is -0.462 e. The SMILES string of the molecule is CC(=O)OC[C@@H](C[C@@H]1c2[nH]c3ccc(Cl)cc3c2CCN1c1nc(C(F)(F)F)nc(C(F)(F)F)n1)OC(C)=O. The minimum atomic E-state index is -5.29. The van der Waals surface area contributed by atoms with Crippen molar-refractivity contribution < 1.29 is 45.4 Å². The van der Waals surface area contributed by atoms with Gasteiger partial charge in [0.2, 0.25) is 17.6 Å². The predicted molar refractivity (Wildman–Crippen MR) is 124 cm³/mol. The highest BCUT2D eigenvalue weighted by Gasteiger charge is 2.43. The summed E-state index contributed by atoms with van der Waals surface area (Å²) >= 11 is 6.14. The number of fused-ring (bicyclic) bond motifs is 3.